The molecule has 2 aromatic rings. The number of aromatic amines is 1. The summed E-state index contributed by atoms with van der Waals surface area (Å²) in [5.74, 6) is 0.798. The van der Waals surface area contributed by atoms with Crippen LogP contribution in [0.3, 0.4) is 0 Å². The summed E-state index contributed by atoms with van der Waals surface area (Å²) in [7, 11) is 4.01. The number of likely N-dealkylation sites (N-methyl/N-ethyl adjacent to an activating group) is 1. The molecule has 0 aliphatic carbocycles. The van der Waals surface area contributed by atoms with Crippen molar-refractivity contribution in [3.05, 3.63) is 46.8 Å². The van der Waals surface area contributed by atoms with Crippen LogP contribution in [0.25, 0.3) is 11.3 Å². The van der Waals surface area contributed by atoms with Crippen molar-refractivity contribution in [2.75, 3.05) is 27.2 Å². The van der Waals surface area contributed by atoms with Gasteiger partial charge in [0.15, 0.2) is 0 Å². The van der Waals surface area contributed by atoms with Crippen LogP contribution in [0.5, 0.6) is 5.75 Å². The van der Waals surface area contributed by atoms with Gasteiger partial charge in [0.2, 0.25) is 0 Å². The van der Waals surface area contributed by atoms with Gasteiger partial charge in [-0.25, -0.2) is 5.10 Å². The van der Waals surface area contributed by atoms with Crippen molar-refractivity contribution < 1.29 is 4.74 Å². The van der Waals surface area contributed by atoms with Crippen molar-refractivity contribution in [3.8, 4) is 17.0 Å². The molecule has 0 fully saturated rings. The fraction of sp³-hybridized carbons (Fsp3) is 0.286. The molecule has 0 atom stereocenters. The van der Waals surface area contributed by atoms with E-state index >= 15 is 0 Å². The van der Waals surface area contributed by atoms with E-state index in [1.807, 2.05) is 38.4 Å². The zero-order valence-corrected chi connectivity index (χ0v) is 11.1. The Bertz CT molecular complexity index is 573. The molecule has 1 heterocycles. The molecule has 0 spiro atoms. The second kappa shape index (κ2) is 6.15. The zero-order chi connectivity index (χ0) is 13.7. The number of H-pyrrole nitrogens is 1. The van der Waals surface area contributed by atoms with Gasteiger partial charge >= 0.3 is 0 Å². The number of ether oxygens (including phenoxy) is 1. The Labute approximate surface area is 111 Å². The average molecular weight is 259 g/mol. The Morgan fingerprint density at radius 3 is 2.79 bits per heavy atom. The fourth-order valence-corrected chi connectivity index (χ4v) is 1.60. The van der Waals surface area contributed by atoms with Crippen molar-refractivity contribution in [2.24, 2.45) is 0 Å². The predicted octanol–water partition coefficient (Wildman–Crippen LogP) is 1.38. The third kappa shape index (κ3) is 3.93. The molecule has 1 aromatic heterocycles. The molecule has 0 aliphatic heterocycles. The molecule has 0 aliphatic rings. The third-order valence-electron chi connectivity index (χ3n) is 2.62. The van der Waals surface area contributed by atoms with Crippen LogP contribution in [0.1, 0.15) is 0 Å². The first kappa shape index (κ1) is 13.3. The van der Waals surface area contributed by atoms with Gasteiger partial charge in [0.05, 0.1) is 5.69 Å². The number of hydrogen-bond acceptors (Lipinski definition) is 4. The summed E-state index contributed by atoms with van der Waals surface area (Å²) in [4.78, 5) is 13.0. The topological polar surface area (TPSA) is 58.2 Å². The van der Waals surface area contributed by atoms with Gasteiger partial charge in [-0.3, -0.25) is 4.79 Å². The molecule has 0 radical (unpaired) electrons. The van der Waals surface area contributed by atoms with E-state index in [2.05, 4.69) is 15.1 Å². The minimum atomic E-state index is -0.206. The molecule has 0 saturated carbocycles. The number of hydrogen-bond donors (Lipinski definition) is 1. The monoisotopic (exact) mass is 259 g/mol. The second-order valence-electron chi connectivity index (χ2n) is 4.49. The van der Waals surface area contributed by atoms with E-state index in [9.17, 15) is 4.79 Å². The van der Waals surface area contributed by atoms with Crippen LogP contribution < -0.4 is 10.3 Å². The standard InChI is InChI=1S/C14H17N3O2/c1-17(2)8-9-19-12-5-3-4-11(10-12)13-6-7-14(18)16-15-13/h3-7,10H,8-9H2,1-2H3,(H,16,18). The van der Waals surface area contributed by atoms with Crippen molar-refractivity contribution in [2.45, 2.75) is 0 Å². The Kier molecular flexibility index (Phi) is 4.30. The minimum absolute atomic E-state index is 0.206. The lowest BCUT2D eigenvalue weighted by Gasteiger charge is -2.11. The summed E-state index contributed by atoms with van der Waals surface area (Å²) < 4.78 is 5.66. The first-order valence-electron chi connectivity index (χ1n) is 6.09. The minimum Gasteiger partial charge on any atom is -0.492 e. The SMILES string of the molecule is CN(C)CCOc1cccc(-c2ccc(=O)[nH]n2)c1. The van der Waals surface area contributed by atoms with Crippen molar-refractivity contribution in [1.29, 1.82) is 0 Å². The van der Waals surface area contributed by atoms with Gasteiger partial charge in [0.1, 0.15) is 12.4 Å². The maximum atomic E-state index is 11.0. The molecular formula is C14H17N3O2. The molecule has 1 aromatic carbocycles. The van der Waals surface area contributed by atoms with Crippen LogP contribution in [0, 0.1) is 0 Å². The summed E-state index contributed by atoms with van der Waals surface area (Å²) in [5.41, 5.74) is 1.43. The predicted molar refractivity (Wildman–Crippen MR) is 74.3 cm³/mol. The zero-order valence-electron chi connectivity index (χ0n) is 11.1. The van der Waals surface area contributed by atoms with E-state index in [0.717, 1.165) is 23.6 Å². The Hall–Kier alpha value is -2.14. The lowest BCUT2D eigenvalue weighted by atomic mass is 10.1. The first-order valence-corrected chi connectivity index (χ1v) is 6.09. The summed E-state index contributed by atoms with van der Waals surface area (Å²) in [6.07, 6.45) is 0. The highest BCUT2D eigenvalue weighted by Gasteiger charge is 2.02. The van der Waals surface area contributed by atoms with Gasteiger partial charge in [-0.2, -0.15) is 5.10 Å². The summed E-state index contributed by atoms with van der Waals surface area (Å²) in [6, 6.07) is 10.8. The summed E-state index contributed by atoms with van der Waals surface area (Å²) >= 11 is 0. The Morgan fingerprint density at radius 1 is 1.26 bits per heavy atom. The van der Waals surface area contributed by atoms with E-state index in [1.165, 1.54) is 6.07 Å². The summed E-state index contributed by atoms with van der Waals surface area (Å²) in [5, 5.41) is 6.42. The highest BCUT2D eigenvalue weighted by atomic mass is 16.5. The van der Waals surface area contributed by atoms with E-state index in [0.29, 0.717) is 6.61 Å². The largest absolute Gasteiger partial charge is 0.492 e. The van der Waals surface area contributed by atoms with Gasteiger partial charge in [0, 0.05) is 18.2 Å². The van der Waals surface area contributed by atoms with E-state index < -0.39 is 0 Å². The van der Waals surface area contributed by atoms with Crippen LogP contribution in [0.15, 0.2) is 41.2 Å². The van der Waals surface area contributed by atoms with E-state index in [-0.39, 0.29) is 5.56 Å². The number of nitrogens with one attached hydrogen (secondary N) is 1. The average Bonchev–Trinajstić information content (AvgIpc) is 2.39. The molecule has 0 amide bonds. The second-order valence-corrected chi connectivity index (χ2v) is 4.49. The van der Waals surface area contributed by atoms with Gasteiger partial charge in [-0.1, -0.05) is 12.1 Å². The molecule has 0 saturated heterocycles. The van der Waals surface area contributed by atoms with Crippen molar-refractivity contribution >= 4 is 0 Å². The smallest absolute Gasteiger partial charge is 0.264 e. The first-order chi connectivity index (χ1) is 9.15. The highest BCUT2D eigenvalue weighted by molar-refractivity contribution is 5.60. The molecule has 2 rings (SSSR count). The Morgan fingerprint density at radius 2 is 2.11 bits per heavy atom. The molecular weight excluding hydrogens is 242 g/mol. The van der Waals surface area contributed by atoms with E-state index in [1.54, 1.807) is 6.07 Å². The molecule has 0 bridgehead atoms. The lowest BCUT2D eigenvalue weighted by molar-refractivity contribution is 0.261. The van der Waals surface area contributed by atoms with Crippen LogP contribution in [-0.4, -0.2) is 42.3 Å². The van der Waals surface area contributed by atoms with Gasteiger partial charge in [-0.15, -0.1) is 0 Å². The number of nitrogens with zero attached hydrogens (tertiary/aromatic N) is 2. The Balaban J connectivity index is 2.10. The molecule has 0 unspecified atom stereocenters. The molecule has 5 nitrogen and oxygen atoms in total. The number of aromatic nitrogens is 2. The number of benzene rings is 1. The van der Waals surface area contributed by atoms with Gasteiger partial charge < -0.3 is 9.64 Å². The third-order valence-corrected chi connectivity index (χ3v) is 2.62. The molecule has 1 N–H and O–H groups in total. The maximum absolute atomic E-state index is 11.0. The van der Waals surface area contributed by atoms with Crippen LogP contribution >= 0.6 is 0 Å². The normalized spacial score (nSPS) is 10.7. The lowest BCUT2D eigenvalue weighted by Crippen LogP contribution is -2.19. The van der Waals surface area contributed by atoms with Crippen molar-refractivity contribution in [1.82, 2.24) is 15.1 Å². The van der Waals surface area contributed by atoms with E-state index in [4.69, 9.17) is 4.74 Å². The van der Waals surface area contributed by atoms with Crippen LogP contribution in [0.2, 0.25) is 0 Å². The molecule has 100 valence electrons. The maximum Gasteiger partial charge on any atom is 0.264 e. The molecule has 19 heavy (non-hydrogen) atoms. The van der Waals surface area contributed by atoms with Gasteiger partial charge in [-0.05, 0) is 32.3 Å². The quantitative estimate of drug-likeness (QED) is 0.881. The van der Waals surface area contributed by atoms with Gasteiger partial charge in [0.25, 0.3) is 5.56 Å². The fourth-order valence-electron chi connectivity index (χ4n) is 1.60. The highest BCUT2D eigenvalue weighted by Crippen LogP contribution is 2.21. The molecule has 5 heteroatoms. The van der Waals surface area contributed by atoms with Crippen LogP contribution in [-0.2, 0) is 0 Å². The van der Waals surface area contributed by atoms with Crippen LogP contribution in [0.4, 0.5) is 0 Å². The summed E-state index contributed by atoms with van der Waals surface area (Å²) in [6.45, 7) is 1.50. The van der Waals surface area contributed by atoms with Crippen molar-refractivity contribution in [3.63, 3.8) is 0 Å². The number of rotatable bonds is 5.